The molecule has 0 saturated carbocycles. The van der Waals surface area contributed by atoms with Crippen LogP contribution in [0.3, 0.4) is 0 Å². The number of rotatable bonds is 6. The maximum Gasteiger partial charge on any atom is 0.416 e. The van der Waals surface area contributed by atoms with E-state index in [1.807, 2.05) is 6.92 Å². The second-order valence-corrected chi connectivity index (χ2v) is 5.19. The normalized spacial score (nSPS) is 18.5. The zero-order chi connectivity index (χ0) is 17.6. The highest BCUT2D eigenvalue weighted by Gasteiger charge is 2.44. The highest BCUT2D eigenvalue weighted by atomic mass is 19.4. The molecule has 0 aliphatic carbocycles. The molecule has 1 atom stereocenters. The van der Waals surface area contributed by atoms with Gasteiger partial charge in [-0.2, -0.15) is 13.2 Å². The monoisotopic (exact) mass is 347 g/mol. The van der Waals surface area contributed by atoms with E-state index in [9.17, 15) is 18.0 Å². The lowest BCUT2D eigenvalue weighted by Gasteiger charge is -2.34. The van der Waals surface area contributed by atoms with Crippen molar-refractivity contribution in [3.63, 3.8) is 0 Å². The molecule has 1 aliphatic heterocycles. The number of carbonyl (C=O) groups excluding carboxylic acids is 1. The van der Waals surface area contributed by atoms with Crippen molar-refractivity contribution in [3.05, 3.63) is 29.8 Å². The fourth-order valence-electron chi connectivity index (χ4n) is 2.33. The molecule has 0 spiro atoms. The third-order valence-corrected chi connectivity index (χ3v) is 3.53. The summed E-state index contributed by atoms with van der Waals surface area (Å²) in [6.45, 7) is 2.47. The molecule has 1 amide bonds. The minimum absolute atomic E-state index is 0.110. The van der Waals surface area contributed by atoms with Crippen LogP contribution >= 0.6 is 0 Å². The van der Waals surface area contributed by atoms with Crippen LogP contribution in [-0.2, 0) is 9.47 Å². The van der Waals surface area contributed by atoms with E-state index in [1.165, 1.54) is 6.07 Å². The lowest BCUT2D eigenvalue weighted by atomic mass is 10.1. The first kappa shape index (κ1) is 18.5. The largest absolute Gasteiger partial charge is 0.490 e. The number of nitrogens with zero attached hydrogens (tertiary/aromatic N) is 1. The molecule has 1 aromatic carbocycles. The van der Waals surface area contributed by atoms with Gasteiger partial charge in [-0.25, -0.2) is 0 Å². The van der Waals surface area contributed by atoms with Crippen LogP contribution < -0.4 is 4.74 Å². The summed E-state index contributed by atoms with van der Waals surface area (Å²) in [6.07, 6.45) is -6.45. The highest BCUT2D eigenvalue weighted by molar-refractivity contribution is 5.97. The Morgan fingerprint density at radius 2 is 2.08 bits per heavy atom. The first-order valence-electron chi connectivity index (χ1n) is 7.70. The van der Waals surface area contributed by atoms with E-state index in [4.69, 9.17) is 14.2 Å². The van der Waals surface area contributed by atoms with Crippen molar-refractivity contribution in [2.24, 2.45) is 0 Å². The van der Waals surface area contributed by atoms with Crippen LogP contribution in [0.25, 0.3) is 0 Å². The highest BCUT2D eigenvalue weighted by Crippen LogP contribution is 2.27. The minimum atomic E-state index is -4.49. The van der Waals surface area contributed by atoms with E-state index in [0.29, 0.717) is 19.0 Å². The molecule has 1 fully saturated rings. The first-order chi connectivity index (χ1) is 11.4. The van der Waals surface area contributed by atoms with Crippen molar-refractivity contribution in [1.82, 2.24) is 4.90 Å². The van der Waals surface area contributed by atoms with Crippen LogP contribution in [0.4, 0.5) is 13.2 Å². The number of amides is 1. The van der Waals surface area contributed by atoms with Gasteiger partial charge in [-0.1, -0.05) is 12.1 Å². The fourth-order valence-corrected chi connectivity index (χ4v) is 2.33. The van der Waals surface area contributed by atoms with Crippen molar-refractivity contribution in [1.29, 1.82) is 0 Å². The Kier molecular flexibility index (Phi) is 6.44. The number of hydrogen-bond acceptors (Lipinski definition) is 4. The van der Waals surface area contributed by atoms with Crippen LogP contribution in [0.1, 0.15) is 17.3 Å². The molecule has 0 N–H and O–H groups in total. The standard InChI is InChI=1S/C16H20F3NO4/c1-2-22-9-10-23-13-6-4-3-5-12(13)15(21)20-7-8-24-14(11-20)16(17,18)19/h3-6,14H,2,7-11H2,1H3. The van der Waals surface area contributed by atoms with Gasteiger partial charge in [-0.3, -0.25) is 4.79 Å². The Bertz CT molecular complexity index is 550. The average Bonchev–Trinajstić information content (AvgIpc) is 2.58. The number of benzene rings is 1. The molecular formula is C16H20F3NO4. The lowest BCUT2D eigenvalue weighted by molar-refractivity contribution is -0.233. The summed E-state index contributed by atoms with van der Waals surface area (Å²) in [4.78, 5) is 13.7. The summed E-state index contributed by atoms with van der Waals surface area (Å²) in [5.74, 6) is -0.170. The van der Waals surface area contributed by atoms with Gasteiger partial charge in [0.15, 0.2) is 6.10 Å². The molecule has 0 aromatic heterocycles. The van der Waals surface area contributed by atoms with E-state index < -0.39 is 24.7 Å². The van der Waals surface area contributed by atoms with Gasteiger partial charge in [0.05, 0.1) is 25.3 Å². The maximum atomic E-state index is 12.8. The van der Waals surface area contributed by atoms with Crippen molar-refractivity contribution in [2.75, 3.05) is 39.5 Å². The van der Waals surface area contributed by atoms with Crippen molar-refractivity contribution >= 4 is 5.91 Å². The molecule has 0 radical (unpaired) electrons. The van der Waals surface area contributed by atoms with E-state index in [-0.39, 0.29) is 25.3 Å². The number of halogens is 3. The summed E-state index contributed by atoms with van der Waals surface area (Å²) in [6, 6.07) is 6.49. The molecule has 0 bridgehead atoms. The first-order valence-corrected chi connectivity index (χ1v) is 7.70. The average molecular weight is 347 g/mol. The predicted molar refractivity (Wildman–Crippen MR) is 80.1 cm³/mol. The molecule has 8 heteroatoms. The Balaban J connectivity index is 2.06. The van der Waals surface area contributed by atoms with Gasteiger partial charge in [0.25, 0.3) is 5.91 Å². The minimum Gasteiger partial charge on any atom is -0.490 e. The van der Waals surface area contributed by atoms with Crippen molar-refractivity contribution in [3.8, 4) is 5.75 Å². The third-order valence-electron chi connectivity index (χ3n) is 3.53. The summed E-state index contributed by atoms with van der Waals surface area (Å²) in [5, 5.41) is 0. The number of carbonyl (C=O) groups is 1. The number of alkyl halides is 3. The molecule has 1 heterocycles. The Morgan fingerprint density at radius 1 is 1.33 bits per heavy atom. The van der Waals surface area contributed by atoms with Crippen LogP contribution in [-0.4, -0.2) is 62.6 Å². The second kappa shape index (κ2) is 8.34. The molecule has 1 aromatic rings. The number of hydrogen-bond donors (Lipinski definition) is 0. The number of ether oxygens (including phenoxy) is 3. The van der Waals surface area contributed by atoms with Crippen LogP contribution in [0, 0.1) is 0 Å². The maximum absolute atomic E-state index is 12.8. The van der Waals surface area contributed by atoms with Gasteiger partial charge in [-0.05, 0) is 19.1 Å². The zero-order valence-corrected chi connectivity index (χ0v) is 13.3. The summed E-state index contributed by atoms with van der Waals surface area (Å²) < 4.78 is 53.8. The van der Waals surface area contributed by atoms with Gasteiger partial charge in [0, 0.05) is 13.2 Å². The molecule has 5 nitrogen and oxygen atoms in total. The van der Waals surface area contributed by atoms with E-state index in [2.05, 4.69) is 0 Å². The number of morpholine rings is 1. The quantitative estimate of drug-likeness (QED) is 0.742. The Hall–Kier alpha value is -1.80. The van der Waals surface area contributed by atoms with Gasteiger partial charge in [0.1, 0.15) is 12.4 Å². The predicted octanol–water partition coefficient (Wildman–Crippen LogP) is 2.51. The molecule has 2 rings (SSSR count). The summed E-state index contributed by atoms with van der Waals surface area (Å²) >= 11 is 0. The van der Waals surface area contributed by atoms with E-state index >= 15 is 0 Å². The van der Waals surface area contributed by atoms with E-state index in [1.54, 1.807) is 18.2 Å². The van der Waals surface area contributed by atoms with Gasteiger partial charge < -0.3 is 19.1 Å². The van der Waals surface area contributed by atoms with Crippen LogP contribution in [0.5, 0.6) is 5.75 Å². The summed E-state index contributed by atoms with van der Waals surface area (Å²) in [7, 11) is 0. The zero-order valence-electron chi connectivity index (χ0n) is 13.3. The SMILES string of the molecule is CCOCCOc1ccccc1C(=O)N1CCOC(C(F)(F)F)C1. The second-order valence-electron chi connectivity index (χ2n) is 5.19. The fraction of sp³-hybridized carbons (Fsp3) is 0.562. The van der Waals surface area contributed by atoms with Crippen molar-refractivity contribution in [2.45, 2.75) is 19.2 Å². The van der Waals surface area contributed by atoms with Crippen LogP contribution in [0.2, 0.25) is 0 Å². The smallest absolute Gasteiger partial charge is 0.416 e. The van der Waals surface area contributed by atoms with E-state index in [0.717, 1.165) is 4.90 Å². The topological polar surface area (TPSA) is 48.0 Å². The Labute approximate surface area is 138 Å². The van der Waals surface area contributed by atoms with Gasteiger partial charge in [-0.15, -0.1) is 0 Å². The molecule has 1 saturated heterocycles. The van der Waals surface area contributed by atoms with Gasteiger partial charge in [0.2, 0.25) is 0 Å². The number of para-hydroxylation sites is 1. The van der Waals surface area contributed by atoms with Crippen LogP contribution in [0.15, 0.2) is 24.3 Å². The van der Waals surface area contributed by atoms with Crippen molar-refractivity contribution < 1.29 is 32.2 Å². The molecule has 1 unspecified atom stereocenters. The third kappa shape index (κ3) is 4.85. The molecular weight excluding hydrogens is 327 g/mol. The summed E-state index contributed by atoms with van der Waals surface area (Å²) in [5.41, 5.74) is 0.233. The lowest BCUT2D eigenvalue weighted by Crippen LogP contribution is -2.51. The molecule has 134 valence electrons. The molecule has 1 aliphatic rings. The van der Waals surface area contributed by atoms with Gasteiger partial charge >= 0.3 is 6.18 Å². The Morgan fingerprint density at radius 3 is 2.79 bits per heavy atom. The molecule has 24 heavy (non-hydrogen) atoms.